The van der Waals surface area contributed by atoms with Crippen LogP contribution >= 0.6 is 0 Å². The third-order valence-corrected chi connectivity index (χ3v) is 3.70. The Kier molecular flexibility index (Phi) is 6.49. The number of rotatable bonds is 7. The van der Waals surface area contributed by atoms with Gasteiger partial charge in [0.1, 0.15) is 5.82 Å². The zero-order valence-electron chi connectivity index (χ0n) is 13.6. The number of benzene rings is 2. The largest absolute Gasteiger partial charge is 0.356 e. The van der Waals surface area contributed by atoms with E-state index >= 15 is 0 Å². The molecule has 0 bridgehead atoms. The summed E-state index contributed by atoms with van der Waals surface area (Å²) in [6.45, 7) is 2.49. The molecule has 0 heterocycles. The predicted octanol–water partition coefficient (Wildman–Crippen LogP) is 2.61. The molecule has 24 heavy (non-hydrogen) atoms. The van der Waals surface area contributed by atoms with E-state index in [1.807, 2.05) is 19.1 Å². The Morgan fingerprint density at radius 3 is 2.42 bits per heavy atom. The summed E-state index contributed by atoms with van der Waals surface area (Å²) in [5, 5.41) is 5.45. The van der Waals surface area contributed by atoms with Crippen LogP contribution in [-0.2, 0) is 11.2 Å². The van der Waals surface area contributed by atoms with E-state index < -0.39 is 0 Å². The molecule has 0 aliphatic rings. The second-order valence-corrected chi connectivity index (χ2v) is 5.51. The number of aryl methyl sites for hydroxylation is 1. The summed E-state index contributed by atoms with van der Waals surface area (Å²) in [7, 11) is 0. The summed E-state index contributed by atoms with van der Waals surface area (Å²) in [6.07, 6.45) is 0.628. The molecule has 2 aromatic carbocycles. The second-order valence-electron chi connectivity index (χ2n) is 5.51. The first-order valence-electron chi connectivity index (χ1n) is 7.92. The van der Waals surface area contributed by atoms with Gasteiger partial charge in [0, 0.05) is 25.1 Å². The van der Waals surface area contributed by atoms with Crippen LogP contribution in [0.2, 0.25) is 0 Å². The molecule has 126 valence electrons. The number of carbonyl (C=O) groups is 2. The van der Waals surface area contributed by atoms with Crippen molar-refractivity contribution in [1.29, 1.82) is 0 Å². The number of hydrogen-bond acceptors (Lipinski definition) is 2. The van der Waals surface area contributed by atoms with E-state index in [0.29, 0.717) is 24.1 Å². The minimum Gasteiger partial charge on any atom is -0.356 e. The second kappa shape index (κ2) is 8.82. The van der Waals surface area contributed by atoms with Crippen molar-refractivity contribution in [2.45, 2.75) is 19.8 Å². The highest BCUT2D eigenvalue weighted by molar-refractivity contribution is 5.95. The van der Waals surface area contributed by atoms with E-state index in [4.69, 9.17) is 0 Å². The summed E-state index contributed by atoms with van der Waals surface area (Å²) < 4.78 is 13.4. The van der Waals surface area contributed by atoms with E-state index in [0.717, 1.165) is 5.56 Å². The Morgan fingerprint density at radius 2 is 1.67 bits per heavy atom. The van der Waals surface area contributed by atoms with Gasteiger partial charge >= 0.3 is 0 Å². The van der Waals surface area contributed by atoms with Crippen molar-refractivity contribution in [1.82, 2.24) is 10.6 Å². The van der Waals surface area contributed by atoms with E-state index in [-0.39, 0.29) is 30.6 Å². The SMILES string of the molecule is Cc1ccccc1C(=O)NCCC(=O)NCCc1ccccc1F. The number of hydrogen-bond donors (Lipinski definition) is 2. The molecule has 0 fully saturated rings. The van der Waals surface area contributed by atoms with Gasteiger partial charge in [-0.25, -0.2) is 4.39 Å². The Morgan fingerprint density at radius 1 is 0.958 bits per heavy atom. The average molecular weight is 328 g/mol. The summed E-state index contributed by atoms with van der Waals surface area (Å²) in [6, 6.07) is 13.8. The molecule has 0 aromatic heterocycles. The Balaban J connectivity index is 1.67. The van der Waals surface area contributed by atoms with Crippen LogP contribution in [-0.4, -0.2) is 24.9 Å². The zero-order chi connectivity index (χ0) is 17.4. The first-order valence-corrected chi connectivity index (χ1v) is 7.92. The maximum atomic E-state index is 13.4. The molecular formula is C19H21FN2O2. The minimum atomic E-state index is -0.266. The van der Waals surface area contributed by atoms with E-state index in [1.54, 1.807) is 30.3 Å². The van der Waals surface area contributed by atoms with Gasteiger partial charge in [0.15, 0.2) is 0 Å². The lowest BCUT2D eigenvalue weighted by atomic mass is 10.1. The normalized spacial score (nSPS) is 10.2. The van der Waals surface area contributed by atoms with Crippen LogP contribution in [0.5, 0.6) is 0 Å². The smallest absolute Gasteiger partial charge is 0.251 e. The summed E-state index contributed by atoms with van der Waals surface area (Å²) in [5.41, 5.74) is 2.08. The molecule has 2 amide bonds. The van der Waals surface area contributed by atoms with Crippen LogP contribution in [0.15, 0.2) is 48.5 Å². The van der Waals surface area contributed by atoms with Gasteiger partial charge in [0.2, 0.25) is 5.91 Å². The Bertz CT molecular complexity index is 716. The van der Waals surface area contributed by atoms with E-state index in [2.05, 4.69) is 10.6 Å². The first-order chi connectivity index (χ1) is 11.6. The Labute approximate surface area is 141 Å². The third kappa shape index (κ3) is 5.19. The fourth-order valence-electron chi connectivity index (χ4n) is 2.34. The number of nitrogens with one attached hydrogen (secondary N) is 2. The average Bonchev–Trinajstić information content (AvgIpc) is 2.57. The van der Waals surface area contributed by atoms with Crippen molar-refractivity contribution in [3.63, 3.8) is 0 Å². The predicted molar refractivity (Wildman–Crippen MR) is 91.2 cm³/mol. The number of carbonyl (C=O) groups excluding carboxylic acids is 2. The van der Waals surface area contributed by atoms with Gasteiger partial charge in [0.25, 0.3) is 5.91 Å². The molecule has 0 spiro atoms. The molecule has 0 saturated carbocycles. The fraction of sp³-hybridized carbons (Fsp3) is 0.263. The van der Waals surface area contributed by atoms with Crippen molar-refractivity contribution in [3.8, 4) is 0 Å². The van der Waals surface area contributed by atoms with Crippen LogP contribution in [0.25, 0.3) is 0 Å². The highest BCUT2D eigenvalue weighted by Crippen LogP contribution is 2.07. The molecule has 5 heteroatoms. The molecule has 0 aliphatic carbocycles. The highest BCUT2D eigenvalue weighted by atomic mass is 19.1. The van der Waals surface area contributed by atoms with E-state index in [1.165, 1.54) is 6.07 Å². The van der Waals surface area contributed by atoms with Gasteiger partial charge in [-0.1, -0.05) is 36.4 Å². The fourth-order valence-corrected chi connectivity index (χ4v) is 2.34. The molecule has 2 aromatic rings. The quantitative estimate of drug-likeness (QED) is 0.821. The van der Waals surface area contributed by atoms with Crippen LogP contribution in [0.1, 0.15) is 27.9 Å². The summed E-state index contributed by atoms with van der Waals surface area (Å²) in [4.78, 5) is 23.7. The third-order valence-electron chi connectivity index (χ3n) is 3.70. The van der Waals surface area contributed by atoms with Gasteiger partial charge in [-0.3, -0.25) is 9.59 Å². The molecule has 0 saturated heterocycles. The van der Waals surface area contributed by atoms with Crippen molar-refractivity contribution < 1.29 is 14.0 Å². The van der Waals surface area contributed by atoms with Crippen LogP contribution in [0, 0.1) is 12.7 Å². The lowest BCUT2D eigenvalue weighted by Crippen LogP contribution is -2.32. The topological polar surface area (TPSA) is 58.2 Å². The molecule has 2 N–H and O–H groups in total. The monoisotopic (exact) mass is 328 g/mol. The van der Waals surface area contributed by atoms with Gasteiger partial charge in [-0.15, -0.1) is 0 Å². The van der Waals surface area contributed by atoms with Crippen molar-refractivity contribution in [3.05, 3.63) is 71.0 Å². The summed E-state index contributed by atoms with van der Waals surface area (Å²) >= 11 is 0. The first kappa shape index (κ1) is 17.7. The molecule has 4 nitrogen and oxygen atoms in total. The van der Waals surface area contributed by atoms with Crippen molar-refractivity contribution in [2.24, 2.45) is 0 Å². The minimum absolute atomic E-state index is 0.170. The zero-order valence-corrected chi connectivity index (χ0v) is 13.6. The van der Waals surface area contributed by atoms with Gasteiger partial charge in [-0.2, -0.15) is 0 Å². The molecule has 0 unspecified atom stereocenters. The summed E-state index contributed by atoms with van der Waals surface area (Å²) in [5.74, 6) is -0.624. The maximum Gasteiger partial charge on any atom is 0.251 e. The number of halogens is 1. The highest BCUT2D eigenvalue weighted by Gasteiger charge is 2.08. The van der Waals surface area contributed by atoms with Gasteiger partial charge < -0.3 is 10.6 Å². The maximum absolute atomic E-state index is 13.4. The van der Waals surface area contributed by atoms with Crippen molar-refractivity contribution in [2.75, 3.05) is 13.1 Å². The molecule has 0 aliphatic heterocycles. The molecule has 0 atom stereocenters. The molecule has 0 radical (unpaired) electrons. The lowest BCUT2D eigenvalue weighted by Gasteiger charge is -2.08. The van der Waals surface area contributed by atoms with Gasteiger partial charge in [-0.05, 0) is 36.6 Å². The standard InChI is InChI=1S/C19H21FN2O2/c1-14-6-2-4-8-16(14)19(24)22-13-11-18(23)21-12-10-15-7-3-5-9-17(15)20/h2-9H,10-13H2,1H3,(H,21,23)(H,22,24). The number of amides is 2. The van der Waals surface area contributed by atoms with Crippen LogP contribution in [0.4, 0.5) is 4.39 Å². The Hall–Kier alpha value is -2.69. The van der Waals surface area contributed by atoms with Gasteiger partial charge in [0.05, 0.1) is 0 Å². The van der Waals surface area contributed by atoms with Crippen LogP contribution < -0.4 is 10.6 Å². The lowest BCUT2D eigenvalue weighted by molar-refractivity contribution is -0.120. The van der Waals surface area contributed by atoms with E-state index in [9.17, 15) is 14.0 Å². The van der Waals surface area contributed by atoms with Crippen molar-refractivity contribution >= 4 is 11.8 Å². The molecular weight excluding hydrogens is 307 g/mol. The molecule has 2 rings (SSSR count). The van der Waals surface area contributed by atoms with Crippen LogP contribution in [0.3, 0.4) is 0 Å².